The van der Waals surface area contributed by atoms with E-state index in [4.69, 9.17) is 5.11 Å². The van der Waals surface area contributed by atoms with E-state index >= 15 is 0 Å². The maximum Gasteiger partial charge on any atom is 0.335 e. The van der Waals surface area contributed by atoms with Crippen LogP contribution in [0.25, 0.3) is 0 Å². The van der Waals surface area contributed by atoms with Crippen molar-refractivity contribution in [3.8, 4) is 0 Å². The molecule has 2 atom stereocenters. The third kappa shape index (κ3) is 4.25. The van der Waals surface area contributed by atoms with Gasteiger partial charge in [-0.25, -0.2) is 4.79 Å². The zero-order chi connectivity index (χ0) is 13.7. The Balaban J connectivity index is 1.83. The van der Waals surface area contributed by atoms with Gasteiger partial charge in [-0.15, -0.1) is 0 Å². The topological polar surface area (TPSA) is 49.3 Å². The van der Waals surface area contributed by atoms with Crippen LogP contribution in [0.1, 0.15) is 41.6 Å². The molecule has 104 valence electrons. The Morgan fingerprint density at radius 3 is 2.74 bits per heavy atom. The predicted molar refractivity (Wildman–Crippen MR) is 79.8 cm³/mol. The first-order valence-electron chi connectivity index (χ1n) is 6.77. The van der Waals surface area contributed by atoms with Crippen LogP contribution in [0.4, 0.5) is 0 Å². The molecule has 0 aliphatic heterocycles. The van der Waals surface area contributed by atoms with Gasteiger partial charge in [-0.2, -0.15) is 11.8 Å². The SMILES string of the molecule is CSC1CCCC(NCc2ccc(C(=O)O)cc2)C1. The number of carboxylic acid groups (broad SMARTS) is 1. The van der Waals surface area contributed by atoms with E-state index in [9.17, 15) is 4.79 Å². The van der Waals surface area contributed by atoms with Crippen LogP contribution in [0.2, 0.25) is 0 Å². The summed E-state index contributed by atoms with van der Waals surface area (Å²) in [7, 11) is 0. The van der Waals surface area contributed by atoms with Gasteiger partial charge in [-0.05, 0) is 43.2 Å². The minimum Gasteiger partial charge on any atom is -0.478 e. The molecule has 0 aromatic heterocycles. The molecule has 0 heterocycles. The van der Waals surface area contributed by atoms with E-state index in [1.165, 1.54) is 25.7 Å². The monoisotopic (exact) mass is 279 g/mol. The predicted octanol–water partition coefficient (Wildman–Crippen LogP) is 3.15. The van der Waals surface area contributed by atoms with Gasteiger partial charge < -0.3 is 10.4 Å². The molecule has 1 aliphatic carbocycles. The van der Waals surface area contributed by atoms with Crippen molar-refractivity contribution in [2.24, 2.45) is 0 Å². The van der Waals surface area contributed by atoms with Crippen LogP contribution < -0.4 is 5.32 Å². The van der Waals surface area contributed by atoms with E-state index in [0.717, 1.165) is 17.4 Å². The largest absolute Gasteiger partial charge is 0.478 e. The summed E-state index contributed by atoms with van der Waals surface area (Å²) in [5.41, 5.74) is 1.50. The molecule has 0 saturated heterocycles. The van der Waals surface area contributed by atoms with Gasteiger partial charge in [0.2, 0.25) is 0 Å². The van der Waals surface area contributed by atoms with Gasteiger partial charge in [-0.1, -0.05) is 18.6 Å². The lowest BCUT2D eigenvalue weighted by atomic mass is 9.95. The zero-order valence-electron chi connectivity index (χ0n) is 11.3. The molecule has 2 unspecified atom stereocenters. The molecule has 1 fully saturated rings. The lowest BCUT2D eigenvalue weighted by Gasteiger charge is -2.28. The summed E-state index contributed by atoms with van der Waals surface area (Å²) in [6.45, 7) is 0.825. The zero-order valence-corrected chi connectivity index (χ0v) is 12.1. The number of thioether (sulfide) groups is 1. The molecule has 1 aromatic rings. The van der Waals surface area contributed by atoms with Gasteiger partial charge in [0, 0.05) is 17.8 Å². The summed E-state index contributed by atoms with van der Waals surface area (Å²) in [5.74, 6) is -0.866. The molecule has 0 bridgehead atoms. The number of aromatic carboxylic acids is 1. The van der Waals surface area contributed by atoms with Crippen LogP contribution in [-0.4, -0.2) is 28.6 Å². The number of hydrogen-bond acceptors (Lipinski definition) is 3. The Bertz CT molecular complexity index is 419. The number of hydrogen-bond donors (Lipinski definition) is 2. The molecule has 4 heteroatoms. The van der Waals surface area contributed by atoms with Gasteiger partial charge in [0.05, 0.1) is 5.56 Å². The van der Waals surface area contributed by atoms with Crippen molar-refractivity contribution in [2.45, 2.75) is 43.5 Å². The maximum absolute atomic E-state index is 10.8. The smallest absolute Gasteiger partial charge is 0.335 e. The molecule has 1 saturated carbocycles. The lowest BCUT2D eigenvalue weighted by Crippen LogP contribution is -2.34. The molecule has 1 aliphatic rings. The molecule has 19 heavy (non-hydrogen) atoms. The van der Waals surface area contributed by atoms with E-state index in [2.05, 4.69) is 11.6 Å². The molecule has 3 nitrogen and oxygen atoms in total. The number of carboxylic acids is 1. The molecular weight excluding hydrogens is 258 g/mol. The average Bonchev–Trinajstić information content (AvgIpc) is 2.46. The fourth-order valence-corrected chi connectivity index (χ4v) is 3.40. The molecule has 2 N–H and O–H groups in total. The van der Waals surface area contributed by atoms with Crippen molar-refractivity contribution in [3.05, 3.63) is 35.4 Å². The molecular formula is C15H21NO2S. The second-order valence-electron chi connectivity index (χ2n) is 5.10. The van der Waals surface area contributed by atoms with Crippen LogP contribution in [-0.2, 0) is 6.54 Å². The Labute approximate surface area is 118 Å². The number of nitrogens with one attached hydrogen (secondary N) is 1. The van der Waals surface area contributed by atoms with E-state index in [1.54, 1.807) is 12.1 Å². The van der Waals surface area contributed by atoms with Crippen molar-refractivity contribution >= 4 is 17.7 Å². The third-order valence-electron chi connectivity index (χ3n) is 3.76. The Morgan fingerprint density at radius 2 is 2.11 bits per heavy atom. The van der Waals surface area contributed by atoms with E-state index in [1.807, 2.05) is 23.9 Å². The molecule has 1 aromatic carbocycles. The Kier molecular flexibility index (Phi) is 5.28. The van der Waals surface area contributed by atoms with Crippen molar-refractivity contribution in [1.29, 1.82) is 0 Å². The average molecular weight is 279 g/mol. The van der Waals surface area contributed by atoms with Gasteiger partial charge in [-0.3, -0.25) is 0 Å². The summed E-state index contributed by atoms with van der Waals surface area (Å²) in [4.78, 5) is 10.8. The minimum atomic E-state index is -0.866. The highest BCUT2D eigenvalue weighted by atomic mass is 32.2. The highest BCUT2D eigenvalue weighted by Crippen LogP contribution is 2.27. The Morgan fingerprint density at radius 1 is 1.37 bits per heavy atom. The van der Waals surface area contributed by atoms with Gasteiger partial charge >= 0.3 is 5.97 Å². The fraction of sp³-hybridized carbons (Fsp3) is 0.533. The summed E-state index contributed by atoms with van der Waals surface area (Å²) in [5, 5.41) is 13.2. The molecule has 0 amide bonds. The van der Waals surface area contributed by atoms with Crippen molar-refractivity contribution < 1.29 is 9.90 Å². The van der Waals surface area contributed by atoms with Gasteiger partial charge in [0.1, 0.15) is 0 Å². The summed E-state index contributed by atoms with van der Waals surface area (Å²) < 4.78 is 0. The van der Waals surface area contributed by atoms with Crippen molar-refractivity contribution in [3.63, 3.8) is 0 Å². The first-order valence-corrected chi connectivity index (χ1v) is 8.06. The minimum absolute atomic E-state index is 0.351. The first kappa shape index (κ1) is 14.4. The standard InChI is InChI=1S/C15H21NO2S/c1-19-14-4-2-3-13(9-14)16-10-11-5-7-12(8-6-11)15(17)18/h5-8,13-14,16H,2-4,9-10H2,1H3,(H,17,18). The molecule has 2 rings (SSSR count). The van der Waals surface area contributed by atoms with E-state index in [-0.39, 0.29) is 0 Å². The number of carbonyl (C=O) groups is 1. The lowest BCUT2D eigenvalue weighted by molar-refractivity contribution is 0.0697. The number of rotatable bonds is 5. The van der Waals surface area contributed by atoms with Crippen LogP contribution in [0.3, 0.4) is 0 Å². The first-order chi connectivity index (χ1) is 9.19. The second kappa shape index (κ2) is 6.96. The van der Waals surface area contributed by atoms with Crippen LogP contribution >= 0.6 is 11.8 Å². The van der Waals surface area contributed by atoms with Crippen LogP contribution in [0, 0.1) is 0 Å². The molecule has 0 radical (unpaired) electrons. The maximum atomic E-state index is 10.8. The molecule has 0 spiro atoms. The summed E-state index contributed by atoms with van der Waals surface area (Å²) >= 11 is 1.97. The normalized spacial score (nSPS) is 23.2. The van der Waals surface area contributed by atoms with Gasteiger partial charge in [0.25, 0.3) is 0 Å². The summed E-state index contributed by atoms with van der Waals surface area (Å²) in [6, 6.07) is 7.73. The van der Waals surface area contributed by atoms with E-state index < -0.39 is 5.97 Å². The van der Waals surface area contributed by atoms with E-state index in [0.29, 0.717) is 11.6 Å². The quantitative estimate of drug-likeness (QED) is 0.869. The van der Waals surface area contributed by atoms with Crippen LogP contribution in [0.5, 0.6) is 0 Å². The van der Waals surface area contributed by atoms with Gasteiger partial charge in [0.15, 0.2) is 0 Å². The number of benzene rings is 1. The van der Waals surface area contributed by atoms with Crippen LogP contribution in [0.15, 0.2) is 24.3 Å². The summed E-state index contributed by atoms with van der Waals surface area (Å²) in [6.07, 6.45) is 7.34. The highest BCUT2D eigenvalue weighted by Gasteiger charge is 2.20. The second-order valence-corrected chi connectivity index (χ2v) is 6.24. The highest BCUT2D eigenvalue weighted by molar-refractivity contribution is 7.99. The van der Waals surface area contributed by atoms with Crippen molar-refractivity contribution in [1.82, 2.24) is 5.32 Å². The van der Waals surface area contributed by atoms with Crippen molar-refractivity contribution in [2.75, 3.05) is 6.26 Å². The fourth-order valence-electron chi connectivity index (χ4n) is 2.57. The third-order valence-corrected chi connectivity index (χ3v) is 4.85. The Hall–Kier alpha value is -1.00.